The average molecular weight is 357 g/mol. The van der Waals surface area contributed by atoms with Crippen LogP contribution in [-0.4, -0.2) is 30.4 Å². The Morgan fingerprint density at radius 2 is 2.08 bits per heavy atom. The van der Waals surface area contributed by atoms with Gasteiger partial charge >= 0.3 is 0 Å². The predicted molar refractivity (Wildman–Crippen MR) is 104 cm³/mol. The van der Waals surface area contributed by atoms with Gasteiger partial charge in [-0.15, -0.1) is 0 Å². The van der Waals surface area contributed by atoms with Crippen LogP contribution in [0.5, 0.6) is 0 Å². The summed E-state index contributed by atoms with van der Waals surface area (Å²) in [6.45, 7) is 4.35. The van der Waals surface area contributed by atoms with Gasteiger partial charge in [-0.3, -0.25) is 4.79 Å². The monoisotopic (exact) mass is 356 g/mol. The van der Waals surface area contributed by atoms with Crippen molar-refractivity contribution >= 4 is 17.5 Å². The van der Waals surface area contributed by atoms with Gasteiger partial charge in [-0.1, -0.05) is 35.9 Å². The van der Waals surface area contributed by atoms with Crippen molar-refractivity contribution in [2.24, 2.45) is 11.7 Å². The third kappa shape index (κ3) is 4.05. The van der Waals surface area contributed by atoms with Crippen LogP contribution in [0.15, 0.2) is 42.5 Å². The van der Waals surface area contributed by atoms with E-state index < -0.39 is 0 Å². The molecule has 1 aliphatic rings. The van der Waals surface area contributed by atoms with Crippen LogP contribution in [0.3, 0.4) is 0 Å². The van der Waals surface area contributed by atoms with E-state index in [0.29, 0.717) is 12.5 Å². The molecule has 2 aromatic carbocycles. The molecule has 1 saturated heterocycles. The largest absolute Gasteiger partial charge is 0.338 e. The summed E-state index contributed by atoms with van der Waals surface area (Å²) in [7, 11) is 0. The fraction of sp³-hybridized carbons (Fsp3) is 0.381. The molecule has 0 saturated carbocycles. The Morgan fingerprint density at radius 3 is 2.88 bits per heavy atom. The number of carbonyl (C=O) groups is 1. The van der Waals surface area contributed by atoms with Gasteiger partial charge in [-0.2, -0.15) is 0 Å². The number of piperidine rings is 1. The number of halogens is 1. The normalized spacial score (nSPS) is 17.6. The Bertz CT molecular complexity index is 757. The van der Waals surface area contributed by atoms with Crippen molar-refractivity contribution in [2.75, 3.05) is 19.6 Å². The van der Waals surface area contributed by atoms with Crippen LogP contribution in [0.25, 0.3) is 11.1 Å². The van der Waals surface area contributed by atoms with E-state index >= 15 is 0 Å². The average Bonchev–Trinajstić information content (AvgIpc) is 2.64. The number of benzene rings is 2. The smallest absolute Gasteiger partial charge is 0.253 e. The maximum absolute atomic E-state index is 13.0. The minimum atomic E-state index is 0.114. The molecule has 1 aliphatic heterocycles. The molecule has 1 heterocycles. The van der Waals surface area contributed by atoms with E-state index in [2.05, 4.69) is 0 Å². The molecule has 0 radical (unpaired) electrons. The lowest BCUT2D eigenvalue weighted by Gasteiger charge is -2.32. The first-order valence-corrected chi connectivity index (χ1v) is 9.33. The Labute approximate surface area is 154 Å². The second kappa shape index (κ2) is 8.03. The summed E-state index contributed by atoms with van der Waals surface area (Å²) in [5, 5.41) is 0.745. The number of nitrogens with two attached hydrogens (primary N) is 1. The van der Waals surface area contributed by atoms with Crippen molar-refractivity contribution in [3.63, 3.8) is 0 Å². The van der Waals surface area contributed by atoms with Gasteiger partial charge in [-0.25, -0.2) is 0 Å². The molecular weight excluding hydrogens is 332 g/mol. The third-order valence-electron chi connectivity index (χ3n) is 5.07. The standard InChI is InChI=1S/C21H25ClN2O/c1-15-19(8-3-9-20(15)22)17-6-2-7-18(13-17)21(25)24-12-4-5-16(14-24)10-11-23/h2-3,6-9,13,16H,4-5,10-12,14,23H2,1H3. The zero-order chi connectivity index (χ0) is 17.8. The number of rotatable bonds is 4. The van der Waals surface area contributed by atoms with Gasteiger partial charge in [0.05, 0.1) is 0 Å². The van der Waals surface area contributed by atoms with E-state index in [9.17, 15) is 4.79 Å². The van der Waals surface area contributed by atoms with Crippen LogP contribution in [0, 0.1) is 12.8 Å². The van der Waals surface area contributed by atoms with Crippen LogP contribution in [-0.2, 0) is 0 Å². The zero-order valence-corrected chi connectivity index (χ0v) is 15.4. The van der Waals surface area contributed by atoms with E-state index in [1.165, 1.54) is 6.42 Å². The summed E-state index contributed by atoms with van der Waals surface area (Å²) >= 11 is 6.25. The van der Waals surface area contributed by atoms with Crippen molar-refractivity contribution in [3.05, 3.63) is 58.6 Å². The Hall–Kier alpha value is -1.84. The van der Waals surface area contributed by atoms with Gasteiger partial charge in [0.25, 0.3) is 5.91 Å². The molecule has 3 nitrogen and oxygen atoms in total. The predicted octanol–water partition coefficient (Wildman–Crippen LogP) is 4.52. The number of nitrogens with zero attached hydrogens (tertiary/aromatic N) is 1. The number of carbonyl (C=O) groups excluding carboxylic acids is 1. The summed E-state index contributed by atoms with van der Waals surface area (Å²) in [6, 6.07) is 13.7. The highest BCUT2D eigenvalue weighted by Crippen LogP contribution is 2.29. The van der Waals surface area contributed by atoms with Crippen molar-refractivity contribution < 1.29 is 4.79 Å². The molecule has 132 valence electrons. The molecule has 1 amide bonds. The molecule has 2 aromatic rings. The Kier molecular flexibility index (Phi) is 5.77. The molecule has 0 aliphatic carbocycles. The highest BCUT2D eigenvalue weighted by Gasteiger charge is 2.24. The van der Waals surface area contributed by atoms with Crippen LogP contribution in [0.2, 0.25) is 5.02 Å². The SMILES string of the molecule is Cc1c(Cl)cccc1-c1cccc(C(=O)N2CCCC(CCN)C2)c1. The molecule has 3 rings (SSSR count). The molecule has 0 aromatic heterocycles. The minimum absolute atomic E-state index is 0.114. The highest BCUT2D eigenvalue weighted by molar-refractivity contribution is 6.31. The van der Waals surface area contributed by atoms with Crippen molar-refractivity contribution in [1.82, 2.24) is 4.90 Å². The fourth-order valence-corrected chi connectivity index (χ4v) is 3.82. The van der Waals surface area contributed by atoms with Crippen LogP contribution >= 0.6 is 11.6 Å². The number of hydrogen-bond acceptors (Lipinski definition) is 2. The number of amides is 1. The van der Waals surface area contributed by atoms with Gasteiger partial charge in [0.15, 0.2) is 0 Å². The van der Waals surface area contributed by atoms with E-state index in [1.807, 2.05) is 54.3 Å². The molecule has 25 heavy (non-hydrogen) atoms. The third-order valence-corrected chi connectivity index (χ3v) is 5.48. The van der Waals surface area contributed by atoms with Crippen LogP contribution < -0.4 is 5.73 Å². The highest BCUT2D eigenvalue weighted by atomic mass is 35.5. The van der Waals surface area contributed by atoms with Gasteiger partial charge < -0.3 is 10.6 Å². The Balaban J connectivity index is 1.83. The zero-order valence-electron chi connectivity index (χ0n) is 14.7. The van der Waals surface area contributed by atoms with E-state index in [-0.39, 0.29) is 5.91 Å². The first kappa shape index (κ1) is 18.0. The molecule has 0 bridgehead atoms. The van der Waals surface area contributed by atoms with E-state index in [4.69, 9.17) is 17.3 Å². The first-order valence-electron chi connectivity index (χ1n) is 8.95. The molecule has 2 N–H and O–H groups in total. The Morgan fingerprint density at radius 1 is 1.28 bits per heavy atom. The minimum Gasteiger partial charge on any atom is -0.338 e. The summed E-state index contributed by atoms with van der Waals surface area (Å²) in [5.41, 5.74) is 9.57. The number of likely N-dealkylation sites (tertiary alicyclic amines) is 1. The molecular formula is C21H25ClN2O. The second-order valence-corrected chi connectivity index (χ2v) is 7.24. The summed E-state index contributed by atoms with van der Waals surface area (Å²) in [6.07, 6.45) is 3.22. The second-order valence-electron chi connectivity index (χ2n) is 6.83. The van der Waals surface area contributed by atoms with Gasteiger partial charge in [-0.05, 0) is 73.5 Å². The topological polar surface area (TPSA) is 46.3 Å². The quantitative estimate of drug-likeness (QED) is 0.875. The van der Waals surface area contributed by atoms with Crippen molar-refractivity contribution in [1.29, 1.82) is 0 Å². The summed E-state index contributed by atoms with van der Waals surface area (Å²) in [4.78, 5) is 14.9. The van der Waals surface area contributed by atoms with Crippen LogP contribution in [0.1, 0.15) is 35.2 Å². The molecule has 1 fully saturated rings. The fourth-order valence-electron chi connectivity index (χ4n) is 3.64. The summed E-state index contributed by atoms with van der Waals surface area (Å²) in [5.74, 6) is 0.643. The van der Waals surface area contributed by atoms with Gasteiger partial charge in [0, 0.05) is 23.7 Å². The van der Waals surface area contributed by atoms with Crippen molar-refractivity contribution in [3.8, 4) is 11.1 Å². The van der Waals surface area contributed by atoms with Crippen LogP contribution in [0.4, 0.5) is 0 Å². The lowest BCUT2D eigenvalue weighted by Crippen LogP contribution is -2.40. The molecule has 1 atom stereocenters. The van der Waals surface area contributed by atoms with Crippen molar-refractivity contribution in [2.45, 2.75) is 26.2 Å². The van der Waals surface area contributed by atoms with Gasteiger partial charge in [0.2, 0.25) is 0 Å². The number of hydrogen-bond donors (Lipinski definition) is 1. The lowest BCUT2D eigenvalue weighted by molar-refractivity contribution is 0.0669. The maximum atomic E-state index is 13.0. The lowest BCUT2D eigenvalue weighted by atomic mass is 9.94. The first-order chi connectivity index (χ1) is 12.1. The van der Waals surface area contributed by atoms with E-state index in [0.717, 1.165) is 53.2 Å². The maximum Gasteiger partial charge on any atom is 0.253 e. The van der Waals surface area contributed by atoms with E-state index in [1.54, 1.807) is 0 Å². The molecule has 4 heteroatoms. The molecule has 0 spiro atoms. The molecule has 1 unspecified atom stereocenters. The van der Waals surface area contributed by atoms with Gasteiger partial charge in [0.1, 0.15) is 0 Å². The summed E-state index contributed by atoms with van der Waals surface area (Å²) < 4.78 is 0.